The minimum absolute atomic E-state index is 0.747. The van der Waals surface area contributed by atoms with Crippen LogP contribution in [0, 0.1) is 0 Å². The Bertz CT molecular complexity index is 238. The maximum absolute atomic E-state index is 8.38. The zero-order valence-corrected chi connectivity index (χ0v) is 6.20. The normalized spacial score (nSPS) is 10.5. The van der Waals surface area contributed by atoms with Crippen LogP contribution in [0.5, 0.6) is 0 Å². The van der Waals surface area contributed by atoms with Gasteiger partial charge < -0.3 is 10.8 Å². The number of benzene rings is 1. The van der Waals surface area contributed by atoms with Crippen molar-refractivity contribution in [2.24, 2.45) is 0 Å². The van der Waals surface area contributed by atoms with Crippen LogP contribution in [0.4, 0.5) is 5.69 Å². The van der Waals surface area contributed by atoms with E-state index >= 15 is 0 Å². The molecule has 0 amide bonds. The highest BCUT2D eigenvalue weighted by Gasteiger charge is 1.87. The molecule has 58 valence electrons. The molecule has 0 fully saturated rings. The number of aliphatic hydroxyl groups is 1. The molecule has 0 unspecified atom stereocenters. The molecule has 0 atom stereocenters. The lowest BCUT2D eigenvalue weighted by molar-refractivity contribution is 0.471. The van der Waals surface area contributed by atoms with E-state index in [9.17, 15) is 0 Å². The molecule has 0 spiro atoms. The number of aliphatic hydroxyl groups excluding tert-OH is 1. The first-order chi connectivity index (χ1) is 5.33. The van der Waals surface area contributed by atoms with Crippen molar-refractivity contribution in [3.05, 3.63) is 42.2 Å². The van der Waals surface area contributed by atoms with E-state index in [0.717, 1.165) is 23.9 Å². The van der Waals surface area contributed by atoms with Crippen LogP contribution in [0.2, 0.25) is 0 Å². The number of allylic oxidation sites excluding steroid dienone is 1. The summed E-state index contributed by atoms with van der Waals surface area (Å²) >= 11 is 0. The molecule has 1 aromatic carbocycles. The van der Waals surface area contributed by atoms with Crippen molar-refractivity contribution in [3.63, 3.8) is 0 Å². The predicted octanol–water partition coefficient (Wildman–Crippen LogP) is 1.88. The van der Waals surface area contributed by atoms with E-state index in [1.165, 1.54) is 0 Å². The zero-order valence-electron chi connectivity index (χ0n) is 6.20. The van der Waals surface area contributed by atoms with Gasteiger partial charge in [-0.1, -0.05) is 12.1 Å². The predicted molar refractivity (Wildman–Crippen MR) is 46.3 cm³/mol. The number of nitrogen functional groups attached to an aromatic ring is 1. The van der Waals surface area contributed by atoms with Gasteiger partial charge in [-0.3, -0.25) is 0 Å². The zero-order chi connectivity index (χ0) is 8.10. The van der Waals surface area contributed by atoms with Crippen molar-refractivity contribution in [1.82, 2.24) is 0 Å². The number of nitrogens with two attached hydrogens (primary N) is 1. The fourth-order valence-electron chi connectivity index (χ4n) is 0.843. The molecule has 0 aliphatic carbocycles. The number of rotatable bonds is 2. The van der Waals surface area contributed by atoms with Crippen molar-refractivity contribution in [1.29, 1.82) is 0 Å². The van der Waals surface area contributed by atoms with E-state index in [1.807, 2.05) is 24.3 Å². The van der Waals surface area contributed by atoms with Crippen LogP contribution < -0.4 is 5.73 Å². The van der Waals surface area contributed by atoms with Gasteiger partial charge in [0.05, 0.1) is 6.26 Å². The molecule has 0 saturated heterocycles. The van der Waals surface area contributed by atoms with Gasteiger partial charge in [0.2, 0.25) is 0 Å². The van der Waals surface area contributed by atoms with E-state index in [1.54, 1.807) is 6.08 Å². The number of hydrogen-bond donors (Lipinski definition) is 2. The van der Waals surface area contributed by atoms with Crippen LogP contribution >= 0.6 is 0 Å². The van der Waals surface area contributed by atoms with Crippen LogP contribution in [0.3, 0.4) is 0 Å². The number of hydrogen-bond acceptors (Lipinski definition) is 2. The standard InChI is InChI=1S/C9H11NO/c10-9-5-3-8(4-6-9)2-1-7-11/h1,3-7,11H,2,10H2. The van der Waals surface area contributed by atoms with Gasteiger partial charge in [-0.2, -0.15) is 0 Å². The van der Waals surface area contributed by atoms with Gasteiger partial charge in [-0.25, -0.2) is 0 Å². The molecule has 0 aliphatic rings. The third kappa shape index (κ3) is 2.34. The highest BCUT2D eigenvalue weighted by molar-refractivity contribution is 5.39. The largest absolute Gasteiger partial charge is 0.516 e. The SMILES string of the molecule is Nc1ccc(CC=CO)cc1. The van der Waals surface area contributed by atoms with Gasteiger partial charge in [0.25, 0.3) is 0 Å². The third-order valence-electron chi connectivity index (χ3n) is 1.44. The smallest absolute Gasteiger partial charge is 0.0755 e. The van der Waals surface area contributed by atoms with Crippen molar-refractivity contribution >= 4 is 5.69 Å². The van der Waals surface area contributed by atoms with Gasteiger partial charge in [-0.05, 0) is 30.2 Å². The van der Waals surface area contributed by atoms with Crippen LogP contribution in [0.25, 0.3) is 0 Å². The summed E-state index contributed by atoms with van der Waals surface area (Å²) in [5.74, 6) is 0. The minimum atomic E-state index is 0.747. The Balaban J connectivity index is 2.66. The first-order valence-corrected chi connectivity index (χ1v) is 3.46. The molecule has 0 saturated carbocycles. The first kappa shape index (κ1) is 7.66. The second kappa shape index (κ2) is 3.66. The molecule has 1 rings (SSSR count). The molecule has 3 N–H and O–H groups in total. The van der Waals surface area contributed by atoms with Crippen molar-refractivity contribution in [3.8, 4) is 0 Å². The van der Waals surface area contributed by atoms with Crippen LogP contribution in [-0.4, -0.2) is 5.11 Å². The number of anilines is 1. The third-order valence-corrected chi connectivity index (χ3v) is 1.44. The Labute approximate surface area is 66.0 Å². The molecule has 0 aliphatic heterocycles. The van der Waals surface area contributed by atoms with E-state index in [-0.39, 0.29) is 0 Å². The second-order valence-corrected chi connectivity index (χ2v) is 2.33. The van der Waals surface area contributed by atoms with Gasteiger partial charge in [0, 0.05) is 5.69 Å². The average molecular weight is 149 g/mol. The summed E-state index contributed by atoms with van der Waals surface area (Å²) in [4.78, 5) is 0. The van der Waals surface area contributed by atoms with Crippen LogP contribution in [-0.2, 0) is 6.42 Å². The lowest BCUT2D eigenvalue weighted by Gasteiger charge is -1.95. The summed E-state index contributed by atoms with van der Waals surface area (Å²) in [5.41, 5.74) is 7.40. The van der Waals surface area contributed by atoms with E-state index in [0.29, 0.717) is 0 Å². The molecule has 0 heterocycles. The lowest BCUT2D eigenvalue weighted by atomic mass is 10.1. The Kier molecular flexibility index (Phi) is 2.55. The Morgan fingerprint density at radius 3 is 2.45 bits per heavy atom. The van der Waals surface area contributed by atoms with Gasteiger partial charge in [-0.15, -0.1) is 0 Å². The molecule has 1 aromatic rings. The van der Waals surface area contributed by atoms with Crippen LogP contribution in [0.1, 0.15) is 5.56 Å². The maximum Gasteiger partial charge on any atom is 0.0755 e. The molecule has 0 aromatic heterocycles. The summed E-state index contributed by atoms with van der Waals surface area (Å²) in [5, 5.41) is 8.38. The Morgan fingerprint density at radius 1 is 1.27 bits per heavy atom. The van der Waals surface area contributed by atoms with Crippen molar-refractivity contribution in [2.75, 3.05) is 5.73 Å². The van der Waals surface area contributed by atoms with Crippen molar-refractivity contribution < 1.29 is 5.11 Å². The monoisotopic (exact) mass is 149 g/mol. The van der Waals surface area contributed by atoms with E-state index in [4.69, 9.17) is 10.8 Å². The maximum atomic E-state index is 8.38. The summed E-state index contributed by atoms with van der Waals surface area (Å²) < 4.78 is 0. The Morgan fingerprint density at radius 2 is 1.91 bits per heavy atom. The molecule has 2 heteroatoms. The highest BCUT2D eigenvalue weighted by Crippen LogP contribution is 2.05. The molecular formula is C9H11NO. The summed E-state index contributed by atoms with van der Waals surface area (Å²) in [6, 6.07) is 7.58. The van der Waals surface area contributed by atoms with E-state index < -0.39 is 0 Å². The van der Waals surface area contributed by atoms with Gasteiger partial charge >= 0.3 is 0 Å². The summed E-state index contributed by atoms with van der Waals surface area (Å²) in [7, 11) is 0. The fourth-order valence-corrected chi connectivity index (χ4v) is 0.843. The first-order valence-electron chi connectivity index (χ1n) is 3.46. The molecule has 0 bridgehead atoms. The Hall–Kier alpha value is -1.44. The second-order valence-electron chi connectivity index (χ2n) is 2.33. The van der Waals surface area contributed by atoms with Gasteiger partial charge in [0.15, 0.2) is 0 Å². The summed E-state index contributed by atoms with van der Waals surface area (Å²) in [6.45, 7) is 0. The molecular weight excluding hydrogens is 138 g/mol. The highest BCUT2D eigenvalue weighted by atomic mass is 16.2. The summed E-state index contributed by atoms with van der Waals surface area (Å²) in [6.07, 6.45) is 3.48. The van der Waals surface area contributed by atoms with Crippen molar-refractivity contribution in [2.45, 2.75) is 6.42 Å². The topological polar surface area (TPSA) is 46.2 Å². The molecule has 2 nitrogen and oxygen atoms in total. The van der Waals surface area contributed by atoms with Gasteiger partial charge in [0.1, 0.15) is 0 Å². The quantitative estimate of drug-likeness (QED) is 0.498. The lowest BCUT2D eigenvalue weighted by Crippen LogP contribution is -1.85. The fraction of sp³-hybridized carbons (Fsp3) is 0.111. The molecule has 0 radical (unpaired) electrons. The molecule has 11 heavy (non-hydrogen) atoms. The van der Waals surface area contributed by atoms with Crippen LogP contribution in [0.15, 0.2) is 36.6 Å². The van der Waals surface area contributed by atoms with E-state index in [2.05, 4.69) is 0 Å². The minimum Gasteiger partial charge on any atom is -0.516 e. The average Bonchev–Trinajstić information content (AvgIpc) is 2.04.